The van der Waals surface area contributed by atoms with Gasteiger partial charge in [-0.2, -0.15) is 0 Å². The van der Waals surface area contributed by atoms with E-state index >= 15 is 0 Å². The Hall–Kier alpha value is -5.11. The van der Waals surface area contributed by atoms with Crippen molar-refractivity contribution < 1.29 is 0 Å². The summed E-state index contributed by atoms with van der Waals surface area (Å²) in [6.07, 6.45) is 0. The van der Waals surface area contributed by atoms with Crippen LogP contribution in [0.3, 0.4) is 0 Å². The Bertz CT molecular complexity index is 2130. The van der Waals surface area contributed by atoms with Crippen LogP contribution in [0.15, 0.2) is 243 Å². The first-order chi connectivity index (χ1) is 28.8. The van der Waals surface area contributed by atoms with Gasteiger partial charge in [0.1, 0.15) is 0 Å². The Balaban J connectivity index is 1.72. The number of benzene rings is 8. The third kappa shape index (κ3) is 7.53. The normalized spacial score (nSPS) is 12.1. The molecule has 59 heavy (non-hydrogen) atoms. The number of hydrogen-bond donors (Lipinski definition) is 0. The second-order valence-corrected chi connectivity index (χ2v) is 38.2. The van der Waals surface area contributed by atoms with E-state index in [2.05, 4.69) is 269 Å². The zero-order chi connectivity index (χ0) is 40.8. The quantitative estimate of drug-likeness (QED) is 0.119. The average molecular weight is 892 g/mol. The second-order valence-electron chi connectivity index (χ2n) is 16.2. The van der Waals surface area contributed by atoms with Gasteiger partial charge in [0.2, 0.25) is 0 Å². The Morgan fingerprint density at radius 1 is 0.220 bits per heavy atom. The Morgan fingerprint density at radius 2 is 0.339 bits per heavy atom. The van der Waals surface area contributed by atoms with Crippen molar-refractivity contribution in [3.8, 4) is 0 Å². The predicted octanol–water partition coefficient (Wildman–Crippen LogP) is 6.76. The van der Waals surface area contributed by atoms with Crippen LogP contribution in [0.5, 0.6) is 0 Å². The van der Waals surface area contributed by atoms with Gasteiger partial charge in [-0.1, -0.05) is 0 Å². The van der Waals surface area contributed by atoms with Crippen molar-refractivity contribution in [1.82, 2.24) is 0 Å². The van der Waals surface area contributed by atoms with Gasteiger partial charge in [0.15, 0.2) is 0 Å². The molecule has 0 bridgehead atoms. The van der Waals surface area contributed by atoms with Crippen molar-refractivity contribution in [3.05, 3.63) is 243 Å². The van der Waals surface area contributed by atoms with Gasteiger partial charge in [-0.3, -0.25) is 0 Å². The van der Waals surface area contributed by atoms with E-state index < -0.39 is 32.3 Å². The molecule has 0 unspecified atom stereocenters. The van der Waals surface area contributed by atoms with Crippen molar-refractivity contribution in [2.75, 3.05) is 0 Å². The molecule has 0 spiro atoms. The molecule has 0 aromatic heterocycles. The summed E-state index contributed by atoms with van der Waals surface area (Å²) < 4.78 is 3.64. The number of hydrogen-bond acceptors (Lipinski definition) is 0. The molecule has 0 saturated carbocycles. The minimum absolute atomic E-state index is 0.0430. The molecule has 8 aromatic rings. The van der Waals surface area contributed by atoms with Crippen LogP contribution in [0, 0.1) is 0 Å². The zero-order valence-corrected chi connectivity index (χ0v) is 40.2. The molecule has 0 heterocycles. The maximum absolute atomic E-state index is 2.73. The summed E-state index contributed by atoms with van der Waals surface area (Å²) in [5, 5.41) is 11.9. The van der Waals surface area contributed by atoms with Crippen molar-refractivity contribution in [2.45, 2.75) is 26.2 Å². The van der Waals surface area contributed by atoms with Crippen LogP contribution in [-0.4, -0.2) is 53.7 Å². The van der Waals surface area contributed by atoms with Crippen molar-refractivity contribution in [1.29, 1.82) is 0 Å². The summed E-state index contributed by atoms with van der Waals surface area (Å²) in [4.78, 5) is 0. The van der Waals surface area contributed by atoms with Crippen LogP contribution in [0.1, 0.15) is 0 Å². The summed E-state index contributed by atoms with van der Waals surface area (Å²) in [5.74, 6) is 0. The van der Waals surface area contributed by atoms with E-state index in [1.807, 2.05) is 7.33 Å². The fraction of sp³-hybridized carbons (Fsp3) is 0.0741. The third-order valence-electron chi connectivity index (χ3n) is 12.8. The van der Waals surface area contributed by atoms with E-state index in [0.29, 0.717) is 0 Å². The molecule has 0 N–H and O–H groups in total. The van der Waals surface area contributed by atoms with Crippen LogP contribution in [0.2, 0.25) is 26.2 Å². The van der Waals surface area contributed by atoms with Crippen molar-refractivity contribution in [3.63, 3.8) is 0 Å². The van der Waals surface area contributed by atoms with Gasteiger partial charge in [0.25, 0.3) is 0 Å². The number of rotatable bonds is 12. The van der Waals surface area contributed by atoms with E-state index in [-0.39, 0.29) is 14.1 Å². The Kier molecular flexibility index (Phi) is 12.1. The van der Waals surface area contributed by atoms with Gasteiger partial charge in [0.05, 0.1) is 0 Å². The Morgan fingerprint density at radius 3 is 0.458 bits per heavy atom. The van der Waals surface area contributed by atoms with Gasteiger partial charge in [-0.25, -0.2) is 0 Å². The maximum atomic E-state index is 2.71. The molecule has 0 nitrogen and oxygen atoms in total. The second kappa shape index (κ2) is 17.6. The van der Waals surface area contributed by atoms with Crippen LogP contribution in [0.4, 0.5) is 0 Å². The first-order valence-corrected chi connectivity index (χ1v) is 32.4. The molecule has 0 aliphatic carbocycles. The molecule has 0 aliphatic heterocycles. The topological polar surface area (TPSA) is 0 Å². The molecule has 0 aliphatic rings. The molecule has 290 valence electrons. The average Bonchev–Trinajstić information content (AvgIpc) is 3.33. The standard InChI is InChI=1S/C54H52SeSi4/c1-56(45-29-13-5-14-30-45,46-31-15-6-16-32-46)53(57(2,47-33-17-7-18-34-47)48-35-19-8-20-36-48)55-54(58(3,49-37-21-9-22-38-49)50-39-23-10-24-40-50)59(4,51-41-25-11-26-42-51)52-43-27-12-28-44-52/h5-44H,1-4H3. The van der Waals surface area contributed by atoms with E-state index in [4.69, 9.17) is 0 Å². The molecule has 8 rings (SSSR count). The first-order valence-electron chi connectivity index (χ1n) is 20.7. The van der Waals surface area contributed by atoms with Crippen molar-refractivity contribution in [2.24, 2.45) is 0 Å². The van der Waals surface area contributed by atoms with Gasteiger partial charge in [0, 0.05) is 0 Å². The van der Waals surface area contributed by atoms with E-state index in [0.717, 1.165) is 0 Å². The first kappa shape index (κ1) is 40.7. The molecule has 0 amide bonds. The summed E-state index contributed by atoms with van der Waals surface area (Å²) in [5.41, 5.74) is 0. The summed E-state index contributed by atoms with van der Waals surface area (Å²) in [6.45, 7) is 10.8. The van der Waals surface area contributed by atoms with Crippen LogP contribution in [0.25, 0.3) is 0 Å². The molecule has 5 heteroatoms. The molecule has 0 saturated heterocycles. The SMILES string of the molecule is C[Si](C(=[Se]=C([Si](C)(c1ccccc1)c1ccccc1)[Si](C)(c1ccccc1)c1ccccc1)[Si](C)(c1ccccc1)c1ccccc1)(c1ccccc1)c1ccccc1. The monoisotopic (exact) mass is 892 g/mol. The van der Waals surface area contributed by atoms with E-state index in [1.165, 1.54) is 41.5 Å². The van der Waals surface area contributed by atoms with Crippen LogP contribution >= 0.6 is 0 Å². The van der Waals surface area contributed by atoms with E-state index in [9.17, 15) is 0 Å². The third-order valence-corrected chi connectivity index (χ3v) is 47.6. The molecule has 0 atom stereocenters. The molecule has 0 radical (unpaired) electrons. The molecular weight excluding hydrogens is 840 g/mol. The van der Waals surface area contributed by atoms with Crippen LogP contribution in [-0.2, 0) is 0 Å². The minimum atomic E-state index is -2.73. The van der Waals surface area contributed by atoms with E-state index in [1.54, 1.807) is 0 Å². The molecule has 0 fully saturated rings. The summed E-state index contributed by atoms with van der Waals surface area (Å²) in [6, 6.07) is 93.3. The fourth-order valence-corrected chi connectivity index (χ4v) is 47.7. The van der Waals surface area contributed by atoms with Gasteiger partial charge in [-0.05, 0) is 0 Å². The Labute approximate surface area is 361 Å². The summed E-state index contributed by atoms with van der Waals surface area (Å²) >= 11 is -0.0430. The van der Waals surface area contributed by atoms with Gasteiger partial charge >= 0.3 is 364 Å². The predicted molar refractivity (Wildman–Crippen MR) is 271 cm³/mol. The van der Waals surface area contributed by atoms with Gasteiger partial charge in [-0.15, -0.1) is 0 Å². The molecule has 8 aromatic carbocycles. The van der Waals surface area contributed by atoms with Crippen LogP contribution < -0.4 is 41.5 Å². The molecular formula is C54H52SeSi4. The van der Waals surface area contributed by atoms with Gasteiger partial charge < -0.3 is 0 Å². The van der Waals surface area contributed by atoms with Crippen molar-refractivity contribution >= 4 is 95.2 Å². The summed E-state index contributed by atoms with van der Waals surface area (Å²) in [7, 11) is -10.9. The zero-order valence-electron chi connectivity index (χ0n) is 34.5. The fourth-order valence-electron chi connectivity index (χ4n) is 9.40.